The summed E-state index contributed by atoms with van der Waals surface area (Å²) < 4.78 is 6.97. The van der Waals surface area contributed by atoms with E-state index in [0.717, 1.165) is 29.2 Å². The molecular formula is C16H24BrNO. The van der Waals surface area contributed by atoms with Gasteiger partial charge in [0.15, 0.2) is 0 Å². The van der Waals surface area contributed by atoms with Crippen LogP contribution in [-0.2, 0) is 0 Å². The number of rotatable bonds is 5. The maximum atomic E-state index is 5.82. The number of hydrogen-bond acceptors (Lipinski definition) is 2. The van der Waals surface area contributed by atoms with Crippen molar-refractivity contribution in [3.63, 3.8) is 0 Å². The molecule has 2 rings (SSSR count). The van der Waals surface area contributed by atoms with E-state index in [1.807, 2.05) is 6.07 Å². The van der Waals surface area contributed by atoms with Crippen molar-refractivity contribution < 1.29 is 4.74 Å². The van der Waals surface area contributed by atoms with Gasteiger partial charge >= 0.3 is 0 Å². The minimum absolute atomic E-state index is 0.689. The molecule has 2 nitrogen and oxygen atoms in total. The zero-order chi connectivity index (χ0) is 13.7. The number of aryl methyl sites for hydroxylation is 1. The van der Waals surface area contributed by atoms with Gasteiger partial charge in [-0.25, -0.2) is 0 Å². The van der Waals surface area contributed by atoms with E-state index in [9.17, 15) is 0 Å². The van der Waals surface area contributed by atoms with Crippen molar-refractivity contribution in [2.75, 3.05) is 13.2 Å². The SMILES string of the molecule is Cc1cc(OCCC[C@@H]2CCN[C@H](C)C2)ccc1Br. The lowest BCUT2D eigenvalue weighted by molar-refractivity contribution is 0.256. The molecule has 1 aromatic rings. The van der Waals surface area contributed by atoms with Crippen molar-refractivity contribution in [3.8, 4) is 5.75 Å². The summed E-state index contributed by atoms with van der Waals surface area (Å²) in [6.45, 7) is 6.39. The molecule has 0 unspecified atom stereocenters. The molecule has 1 N–H and O–H groups in total. The van der Waals surface area contributed by atoms with Gasteiger partial charge in [-0.2, -0.15) is 0 Å². The van der Waals surface area contributed by atoms with E-state index in [1.54, 1.807) is 0 Å². The van der Waals surface area contributed by atoms with E-state index >= 15 is 0 Å². The maximum absolute atomic E-state index is 5.82. The summed E-state index contributed by atoms with van der Waals surface area (Å²) in [5, 5.41) is 3.50. The Morgan fingerprint density at radius 1 is 1.42 bits per heavy atom. The van der Waals surface area contributed by atoms with Crippen LogP contribution >= 0.6 is 15.9 Å². The zero-order valence-electron chi connectivity index (χ0n) is 11.9. The van der Waals surface area contributed by atoms with Crippen LogP contribution in [0.5, 0.6) is 5.75 Å². The van der Waals surface area contributed by atoms with E-state index in [1.165, 1.54) is 31.4 Å². The summed E-state index contributed by atoms with van der Waals surface area (Å²) >= 11 is 3.51. The Labute approximate surface area is 125 Å². The van der Waals surface area contributed by atoms with Crippen LogP contribution in [-0.4, -0.2) is 19.2 Å². The van der Waals surface area contributed by atoms with Crippen LogP contribution in [0, 0.1) is 12.8 Å². The molecule has 0 spiro atoms. The molecule has 1 aliphatic heterocycles. The molecule has 19 heavy (non-hydrogen) atoms. The van der Waals surface area contributed by atoms with E-state index in [4.69, 9.17) is 4.74 Å². The van der Waals surface area contributed by atoms with Crippen molar-refractivity contribution in [2.24, 2.45) is 5.92 Å². The average Bonchev–Trinajstić information content (AvgIpc) is 2.39. The third-order valence-corrected chi connectivity index (χ3v) is 4.78. The fraction of sp³-hybridized carbons (Fsp3) is 0.625. The fourth-order valence-electron chi connectivity index (χ4n) is 2.77. The summed E-state index contributed by atoms with van der Waals surface area (Å²) in [6, 6.07) is 6.87. The van der Waals surface area contributed by atoms with Gasteiger partial charge in [-0.1, -0.05) is 15.9 Å². The second-order valence-electron chi connectivity index (χ2n) is 5.65. The summed E-state index contributed by atoms with van der Waals surface area (Å²) in [6.07, 6.45) is 5.09. The molecular weight excluding hydrogens is 302 g/mol. The van der Waals surface area contributed by atoms with E-state index in [0.29, 0.717) is 6.04 Å². The molecule has 0 saturated carbocycles. The lowest BCUT2D eigenvalue weighted by atomic mass is 9.89. The quantitative estimate of drug-likeness (QED) is 0.815. The second kappa shape index (κ2) is 7.30. The second-order valence-corrected chi connectivity index (χ2v) is 6.50. The third kappa shape index (κ3) is 4.81. The molecule has 1 aliphatic rings. The Morgan fingerprint density at radius 3 is 3.00 bits per heavy atom. The Morgan fingerprint density at radius 2 is 2.26 bits per heavy atom. The van der Waals surface area contributed by atoms with Gasteiger partial charge in [0.05, 0.1) is 6.61 Å². The van der Waals surface area contributed by atoms with Crippen molar-refractivity contribution >= 4 is 15.9 Å². The van der Waals surface area contributed by atoms with Gasteiger partial charge in [0.2, 0.25) is 0 Å². The van der Waals surface area contributed by atoms with Crippen LogP contribution < -0.4 is 10.1 Å². The molecule has 1 fully saturated rings. The van der Waals surface area contributed by atoms with Crippen molar-refractivity contribution in [3.05, 3.63) is 28.2 Å². The summed E-state index contributed by atoms with van der Waals surface area (Å²) in [5.74, 6) is 1.87. The van der Waals surface area contributed by atoms with Crippen LogP contribution in [0.1, 0.15) is 38.2 Å². The Kier molecular flexibility index (Phi) is 5.71. The highest BCUT2D eigenvalue weighted by molar-refractivity contribution is 9.10. The predicted molar refractivity (Wildman–Crippen MR) is 83.8 cm³/mol. The maximum Gasteiger partial charge on any atom is 0.119 e. The van der Waals surface area contributed by atoms with Crippen LogP contribution in [0.2, 0.25) is 0 Å². The topological polar surface area (TPSA) is 21.3 Å². The van der Waals surface area contributed by atoms with E-state index < -0.39 is 0 Å². The average molecular weight is 326 g/mol. The normalized spacial score (nSPS) is 23.3. The number of hydrogen-bond donors (Lipinski definition) is 1. The lowest BCUT2D eigenvalue weighted by Crippen LogP contribution is -2.35. The standard InChI is InChI=1S/C16H24BrNO/c1-12-10-15(5-6-16(12)17)19-9-3-4-14-7-8-18-13(2)11-14/h5-6,10,13-14,18H,3-4,7-9,11H2,1-2H3/t13-,14-/m1/s1. The summed E-state index contributed by atoms with van der Waals surface area (Å²) in [7, 11) is 0. The first-order valence-corrected chi connectivity index (χ1v) is 8.07. The molecule has 2 atom stereocenters. The number of benzene rings is 1. The molecule has 0 amide bonds. The molecule has 1 saturated heterocycles. The molecule has 0 aromatic heterocycles. The molecule has 0 bridgehead atoms. The first-order chi connectivity index (χ1) is 9.15. The summed E-state index contributed by atoms with van der Waals surface area (Å²) in [4.78, 5) is 0. The number of piperidine rings is 1. The van der Waals surface area contributed by atoms with Gasteiger partial charge in [0, 0.05) is 10.5 Å². The van der Waals surface area contributed by atoms with Gasteiger partial charge in [-0.15, -0.1) is 0 Å². The van der Waals surface area contributed by atoms with Gasteiger partial charge in [0.1, 0.15) is 5.75 Å². The number of nitrogens with one attached hydrogen (secondary N) is 1. The van der Waals surface area contributed by atoms with Crippen LogP contribution in [0.4, 0.5) is 0 Å². The van der Waals surface area contributed by atoms with Gasteiger partial charge < -0.3 is 10.1 Å². The highest BCUT2D eigenvalue weighted by Gasteiger charge is 2.17. The van der Waals surface area contributed by atoms with Crippen LogP contribution in [0.3, 0.4) is 0 Å². The van der Waals surface area contributed by atoms with Gasteiger partial charge in [-0.3, -0.25) is 0 Å². The first-order valence-electron chi connectivity index (χ1n) is 7.27. The Balaban J connectivity index is 1.67. The predicted octanol–water partition coefficient (Wildman–Crippen LogP) is 4.30. The molecule has 1 heterocycles. The van der Waals surface area contributed by atoms with E-state index in [-0.39, 0.29) is 0 Å². The molecule has 3 heteroatoms. The van der Waals surface area contributed by atoms with Crippen molar-refractivity contribution in [1.82, 2.24) is 5.32 Å². The molecule has 0 radical (unpaired) electrons. The first kappa shape index (κ1) is 14.9. The molecule has 0 aliphatic carbocycles. The minimum Gasteiger partial charge on any atom is -0.494 e. The highest BCUT2D eigenvalue weighted by Crippen LogP contribution is 2.23. The largest absolute Gasteiger partial charge is 0.494 e. The van der Waals surface area contributed by atoms with Crippen LogP contribution in [0.15, 0.2) is 22.7 Å². The smallest absolute Gasteiger partial charge is 0.119 e. The fourth-order valence-corrected chi connectivity index (χ4v) is 3.01. The number of halogens is 1. The summed E-state index contributed by atoms with van der Waals surface area (Å²) in [5.41, 5.74) is 1.23. The molecule has 106 valence electrons. The molecule has 1 aromatic carbocycles. The minimum atomic E-state index is 0.689. The van der Waals surface area contributed by atoms with Crippen LogP contribution in [0.25, 0.3) is 0 Å². The monoisotopic (exact) mass is 325 g/mol. The van der Waals surface area contributed by atoms with Crippen molar-refractivity contribution in [2.45, 2.75) is 45.6 Å². The zero-order valence-corrected chi connectivity index (χ0v) is 13.5. The Bertz CT molecular complexity index is 408. The third-order valence-electron chi connectivity index (χ3n) is 3.89. The Hall–Kier alpha value is -0.540. The van der Waals surface area contributed by atoms with Gasteiger partial charge in [0.25, 0.3) is 0 Å². The van der Waals surface area contributed by atoms with E-state index in [2.05, 4.69) is 47.2 Å². The lowest BCUT2D eigenvalue weighted by Gasteiger charge is -2.27. The van der Waals surface area contributed by atoms with Gasteiger partial charge in [-0.05, 0) is 75.8 Å². The van der Waals surface area contributed by atoms with Crippen molar-refractivity contribution in [1.29, 1.82) is 0 Å². The number of ether oxygens (including phenoxy) is 1. The highest BCUT2D eigenvalue weighted by atomic mass is 79.9.